The van der Waals surface area contributed by atoms with E-state index < -0.39 is 5.97 Å². The number of fused-ring (bicyclic) bond motifs is 1. The molecule has 8 heteroatoms. The number of aromatic nitrogens is 2. The molecule has 0 bridgehead atoms. The first kappa shape index (κ1) is 19.5. The van der Waals surface area contributed by atoms with Crippen molar-refractivity contribution in [3.63, 3.8) is 0 Å². The van der Waals surface area contributed by atoms with E-state index in [0.717, 1.165) is 55.6 Å². The molecule has 2 atom stereocenters. The third-order valence-corrected chi connectivity index (χ3v) is 6.38. The van der Waals surface area contributed by atoms with Crippen molar-refractivity contribution in [1.29, 1.82) is 0 Å². The average Bonchev–Trinajstić information content (AvgIpc) is 3.43. The van der Waals surface area contributed by atoms with Gasteiger partial charge in [-0.2, -0.15) is 0 Å². The lowest BCUT2D eigenvalue weighted by Crippen LogP contribution is -2.55. The van der Waals surface area contributed by atoms with Crippen molar-refractivity contribution in [3.05, 3.63) is 24.0 Å². The Bertz CT molecular complexity index is 905. The van der Waals surface area contributed by atoms with Crippen LogP contribution in [-0.2, 0) is 4.74 Å². The first-order valence-electron chi connectivity index (χ1n) is 10.3. The Kier molecular flexibility index (Phi) is 5.34. The normalized spacial score (nSPS) is 22.2. The highest BCUT2D eigenvalue weighted by Gasteiger charge is 2.35. The maximum absolute atomic E-state index is 12.9. The van der Waals surface area contributed by atoms with E-state index in [0.29, 0.717) is 18.0 Å². The molecule has 2 fully saturated rings. The number of ether oxygens (including phenoxy) is 1. The van der Waals surface area contributed by atoms with E-state index in [2.05, 4.69) is 21.8 Å². The molecule has 0 spiro atoms. The number of aromatic amines is 1. The predicted octanol–water partition coefficient (Wildman–Crippen LogP) is 2.71. The van der Waals surface area contributed by atoms with E-state index in [4.69, 9.17) is 4.74 Å². The van der Waals surface area contributed by atoms with Gasteiger partial charge in [-0.3, -0.25) is 0 Å². The Morgan fingerprint density at radius 1 is 1.24 bits per heavy atom. The van der Waals surface area contributed by atoms with Gasteiger partial charge in [0.25, 0.3) is 0 Å². The first-order chi connectivity index (χ1) is 14.0. The minimum absolute atomic E-state index is 0.0965. The number of carbonyl (C=O) groups excluding carboxylic acids is 2. The van der Waals surface area contributed by atoms with Crippen LogP contribution in [0.25, 0.3) is 11.0 Å². The van der Waals surface area contributed by atoms with Gasteiger partial charge >= 0.3 is 12.0 Å². The topological polar surface area (TPSA) is 81.8 Å². The largest absolute Gasteiger partial charge is 0.465 e. The monoisotopic (exact) mass is 399 g/mol. The summed E-state index contributed by atoms with van der Waals surface area (Å²) in [5.74, 6) is -0.0220. The van der Waals surface area contributed by atoms with Gasteiger partial charge in [-0.15, -0.1) is 0 Å². The van der Waals surface area contributed by atoms with E-state index in [1.807, 2.05) is 29.1 Å². The van der Waals surface area contributed by atoms with Crippen LogP contribution in [0, 0.1) is 5.92 Å². The average molecular weight is 399 g/mol. The van der Waals surface area contributed by atoms with Gasteiger partial charge in [-0.05, 0) is 31.2 Å². The molecule has 0 radical (unpaired) electrons. The number of pyridine rings is 1. The number of likely N-dealkylation sites (N-methyl/N-ethyl adjacent to an activating group) is 1. The summed E-state index contributed by atoms with van der Waals surface area (Å²) in [4.78, 5) is 38.9. The second kappa shape index (κ2) is 7.93. The Hall–Kier alpha value is -2.77. The third-order valence-electron chi connectivity index (χ3n) is 6.38. The molecular formula is C21H29N5O3. The molecule has 8 nitrogen and oxygen atoms in total. The number of H-pyrrole nitrogens is 1. The molecule has 2 aliphatic rings. The van der Waals surface area contributed by atoms with Crippen molar-refractivity contribution in [2.75, 3.05) is 45.2 Å². The molecule has 0 saturated carbocycles. The maximum Gasteiger partial charge on any atom is 0.341 e. The summed E-state index contributed by atoms with van der Waals surface area (Å²) in [6, 6.07) is 2.17. The molecule has 29 heavy (non-hydrogen) atoms. The second-order valence-electron chi connectivity index (χ2n) is 8.12. The molecule has 0 aromatic carbocycles. The summed E-state index contributed by atoms with van der Waals surface area (Å²) in [6.07, 6.45) is 6.50. The Labute approximate surface area is 170 Å². The highest BCUT2D eigenvalue weighted by atomic mass is 16.5. The van der Waals surface area contributed by atoms with Gasteiger partial charge in [-0.1, -0.05) is 6.92 Å². The summed E-state index contributed by atoms with van der Waals surface area (Å²) < 4.78 is 5.01. The zero-order valence-corrected chi connectivity index (χ0v) is 17.4. The second-order valence-corrected chi connectivity index (χ2v) is 8.12. The van der Waals surface area contributed by atoms with Gasteiger partial charge in [0.05, 0.1) is 12.8 Å². The van der Waals surface area contributed by atoms with Crippen molar-refractivity contribution in [2.24, 2.45) is 5.92 Å². The van der Waals surface area contributed by atoms with E-state index in [9.17, 15) is 9.59 Å². The highest BCUT2D eigenvalue weighted by molar-refractivity contribution is 6.04. The van der Waals surface area contributed by atoms with Crippen LogP contribution in [0.1, 0.15) is 36.5 Å². The molecular weight excluding hydrogens is 370 g/mol. The Morgan fingerprint density at radius 2 is 2.00 bits per heavy atom. The third kappa shape index (κ3) is 3.52. The number of anilines is 1. The molecule has 156 valence electrons. The number of nitrogens with zero attached hydrogens (tertiary/aromatic N) is 4. The quantitative estimate of drug-likeness (QED) is 0.803. The van der Waals surface area contributed by atoms with Crippen molar-refractivity contribution >= 4 is 28.7 Å². The highest BCUT2D eigenvalue weighted by Crippen LogP contribution is 2.34. The summed E-state index contributed by atoms with van der Waals surface area (Å²) in [5.41, 5.74) is 1.97. The fourth-order valence-electron chi connectivity index (χ4n) is 4.63. The van der Waals surface area contributed by atoms with Crippen molar-refractivity contribution in [1.82, 2.24) is 19.8 Å². The number of amides is 2. The lowest BCUT2D eigenvalue weighted by molar-refractivity contribution is 0.0600. The van der Waals surface area contributed by atoms with Gasteiger partial charge in [0.1, 0.15) is 11.2 Å². The van der Waals surface area contributed by atoms with Gasteiger partial charge in [-0.25, -0.2) is 14.6 Å². The number of carbonyl (C=O) groups is 2. The Balaban J connectivity index is 1.65. The van der Waals surface area contributed by atoms with Crippen molar-refractivity contribution < 1.29 is 14.3 Å². The fraction of sp³-hybridized carbons (Fsp3) is 0.571. The zero-order chi connectivity index (χ0) is 20.5. The van der Waals surface area contributed by atoms with Gasteiger partial charge in [0.15, 0.2) is 0 Å². The number of likely N-dealkylation sites (tertiary alicyclic amines) is 2. The summed E-state index contributed by atoms with van der Waals surface area (Å²) in [7, 11) is 3.38. The van der Waals surface area contributed by atoms with Crippen LogP contribution in [0.3, 0.4) is 0 Å². The molecule has 1 N–H and O–H groups in total. The Morgan fingerprint density at radius 3 is 2.72 bits per heavy atom. The molecule has 2 saturated heterocycles. The number of nitrogens with one attached hydrogen (secondary N) is 1. The molecule has 0 aliphatic carbocycles. The van der Waals surface area contributed by atoms with Gasteiger partial charge in [0.2, 0.25) is 0 Å². The standard InChI is InChI=1S/C21H29N5O3/c1-14-7-11-26(21(28)25-9-4-5-10-25)13-17(14)24(2)18-15-6-8-22-19(15)23-12-16(18)20(27)29-3/h6,8,12,14,17H,4-5,7,9-11,13H2,1-3H3,(H,22,23)/t14-,17+/m1/s1. The van der Waals surface area contributed by atoms with Crippen molar-refractivity contribution in [2.45, 2.75) is 32.2 Å². The molecule has 2 amide bonds. The number of hydrogen-bond donors (Lipinski definition) is 1. The van der Waals surface area contributed by atoms with Crippen LogP contribution < -0.4 is 4.90 Å². The minimum atomic E-state index is -0.407. The van der Waals surface area contributed by atoms with E-state index in [-0.39, 0.29) is 12.1 Å². The van der Waals surface area contributed by atoms with Crippen LogP contribution >= 0.6 is 0 Å². The SMILES string of the molecule is COC(=O)c1cnc2[nH]ccc2c1N(C)[C@H]1CN(C(=O)N2CCCC2)CC[C@H]1C. The number of esters is 1. The van der Waals surface area contributed by atoms with Crippen molar-refractivity contribution in [3.8, 4) is 0 Å². The van der Waals surface area contributed by atoms with E-state index in [1.165, 1.54) is 7.11 Å². The summed E-state index contributed by atoms with van der Waals surface area (Å²) >= 11 is 0. The molecule has 0 unspecified atom stereocenters. The van der Waals surface area contributed by atoms with Gasteiger partial charge in [0, 0.05) is 57.0 Å². The number of hydrogen-bond acceptors (Lipinski definition) is 5. The van der Waals surface area contributed by atoms with Gasteiger partial charge < -0.3 is 24.4 Å². The molecule has 2 aromatic rings. The fourth-order valence-corrected chi connectivity index (χ4v) is 4.63. The number of urea groups is 1. The molecule has 2 aliphatic heterocycles. The number of piperidine rings is 1. The van der Waals surface area contributed by atoms with Crippen LogP contribution in [0.5, 0.6) is 0 Å². The van der Waals surface area contributed by atoms with Crippen LogP contribution in [0.4, 0.5) is 10.5 Å². The van der Waals surface area contributed by atoms with Crippen LogP contribution in [-0.4, -0.2) is 78.1 Å². The smallest absolute Gasteiger partial charge is 0.341 e. The number of methoxy groups -OCH3 is 1. The van der Waals surface area contributed by atoms with Crippen LogP contribution in [0.15, 0.2) is 18.5 Å². The minimum Gasteiger partial charge on any atom is -0.465 e. The maximum atomic E-state index is 12.9. The number of rotatable bonds is 3. The molecule has 2 aromatic heterocycles. The van der Waals surface area contributed by atoms with E-state index >= 15 is 0 Å². The van der Waals surface area contributed by atoms with Crippen LogP contribution in [0.2, 0.25) is 0 Å². The first-order valence-corrected chi connectivity index (χ1v) is 10.3. The lowest BCUT2D eigenvalue weighted by atomic mass is 9.91. The molecule has 4 rings (SSSR count). The molecule has 4 heterocycles. The van der Waals surface area contributed by atoms with E-state index in [1.54, 1.807) is 6.20 Å². The lowest BCUT2D eigenvalue weighted by Gasteiger charge is -2.43. The predicted molar refractivity (Wildman–Crippen MR) is 111 cm³/mol. The zero-order valence-electron chi connectivity index (χ0n) is 17.4. The summed E-state index contributed by atoms with van der Waals surface area (Å²) in [6.45, 7) is 5.34. The summed E-state index contributed by atoms with van der Waals surface area (Å²) in [5, 5.41) is 0.880.